The summed E-state index contributed by atoms with van der Waals surface area (Å²) in [7, 11) is 0. The minimum atomic E-state index is -0.0120. The first-order valence-electron chi connectivity index (χ1n) is 8.04. The van der Waals surface area contributed by atoms with Gasteiger partial charge in [0.25, 0.3) is 0 Å². The zero-order valence-electron chi connectivity index (χ0n) is 13.1. The predicted molar refractivity (Wildman–Crippen MR) is 93.7 cm³/mol. The minimum absolute atomic E-state index is 0.0120. The van der Waals surface area contributed by atoms with Crippen molar-refractivity contribution in [3.8, 4) is 11.4 Å². The Hall–Kier alpha value is -2.40. The highest BCUT2D eigenvalue weighted by atomic mass is 35.5. The van der Waals surface area contributed by atoms with Crippen molar-refractivity contribution in [2.24, 2.45) is 5.92 Å². The van der Waals surface area contributed by atoms with Gasteiger partial charge in [0.05, 0.1) is 0 Å². The van der Waals surface area contributed by atoms with E-state index in [2.05, 4.69) is 15.3 Å². The van der Waals surface area contributed by atoms with Gasteiger partial charge in [-0.15, -0.1) is 0 Å². The lowest BCUT2D eigenvalue weighted by atomic mass is 10.2. The van der Waals surface area contributed by atoms with Gasteiger partial charge in [0.15, 0.2) is 5.65 Å². The van der Waals surface area contributed by atoms with Crippen molar-refractivity contribution < 1.29 is 4.79 Å². The minimum Gasteiger partial charge on any atom is -0.354 e. The molecule has 1 aliphatic rings. The average Bonchev–Trinajstić information content (AvgIpc) is 3.36. The van der Waals surface area contributed by atoms with Crippen LogP contribution < -0.4 is 5.32 Å². The highest BCUT2D eigenvalue weighted by Crippen LogP contribution is 2.28. The molecule has 2 aromatic heterocycles. The summed E-state index contributed by atoms with van der Waals surface area (Å²) < 4.78 is 1.86. The van der Waals surface area contributed by atoms with E-state index in [-0.39, 0.29) is 12.5 Å². The zero-order chi connectivity index (χ0) is 16.5. The van der Waals surface area contributed by atoms with Crippen LogP contribution in [0.2, 0.25) is 5.02 Å². The maximum Gasteiger partial charge on any atom is 0.240 e. The van der Waals surface area contributed by atoms with Crippen LogP contribution in [0.1, 0.15) is 12.8 Å². The van der Waals surface area contributed by atoms with Crippen molar-refractivity contribution in [3.63, 3.8) is 0 Å². The molecule has 1 amide bonds. The van der Waals surface area contributed by atoms with E-state index in [9.17, 15) is 4.79 Å². The Morgan fingerprint density at radius 1 is 1.25 bits per heavy atom. The summed E-state index contributed by atoms with van der Waals surface area (Å²) in [5.74, 6) is 1.37. The molecule has 0 radical (unpaired) electrons. The SMILES string of the molecule is O=C(Cn1c(-c2ccc(Cl)cc2)nc2cccnc21)NCC1CC1. The van der Waals surface area contributed by atoms with Gasteiger partial charge in [-0.3, -0.25) is 9.36 Å². The van der Waals surface area contributed by atoms with E-state index in [1.807, 2.05) is 41.0 Å². The Kier molecular flexibility index (Phi) is 3.94. The van der Waals surface area contributed by atoms with E-state index < -0.39 is 0 Å². The maximum atomic E-state index is 12.3. The molecule has 4 rings (SSSR count). The van der Waals surface area contributed by atoms with Gasteiger partial charge < -0.3 is 5.32 Å². The van der Waals surface area contributed by atoms with Crippen molar-refractivity contribution in [2.45, 2.75) is 19.4 Å². The van der Waals surface area contributed by atoms with Crippen molar-refractivity contribution >= 4 is 28.7 Å². The molecule has 3 aromatic rings. The lowest BCUT2D eigenvalue weighted by Crippen LogP contribution is -2.29. The smallest absolute Gasteiger partial charge is 0.240 e. The molecule has 1 aromatic carbocycles. The molecule has 0 unspecified atom stereocenters. The normalized spacial score (nSPS) is 14.0. The molecule has 5 nitrogen and oxygen atoms in total. The van der Waals surface area contributed by atoms with Crippen LogP contribution in [0, 0.1) is 5.92 Å². The Morgan fingerprint density at radius 2 is 2.04 bits per heavy atom. The molecule has 1 N–H and O–H groups in total. The molecule has 0 aliphatic heterocycles. The van der Waals surface area contributed by atoms with E-state index in [1.165, 1.54) is 12.8 Å². The molecular weight excluding hydrogens is 324 g/mol. The number of carbonyl (C=O) groups excluding carboxylic acids is 1. The van der Waals surface area contributed by atoms with E-state index >= 15 is 0 Å². The number of halogens is 1. The van der Waals surface area contributed by atoms with Gasteiger partial charge in [-0.25, -0.2) is 9.97 Å². The largest absolute Gasteiger partial charge is 0.354 e. The molecular formula is C18H17ClN4O. The van der Waals surface area contributed by atoms with Gasteiger partial charge in [-0.05, 0) is 55.2 Å². The number of nitrogens with one attached hydrogen (secondary N) is 1. The molecule has 24 heavy (non-hydrogen) atoms. The molecule has 0 spiro atoms. The van der Waals surface area contributed by atoms with Crippen molar-refractivity contribution in [1.29, 1.82) is 0 Å². The second-order valence-electron chi connectivity index (χ2n) is 6.12. The highest BCUT2D eigenvalue weighted by Gasteiger charge is 2.22. The lowest BCUT2D eigenvalue weighted by Gasteiger charge is -2.09. The number of aromatic nitrogens is 3. The van der Waals surface area contributed by atoms with E-state index in [1.54, 1.807) is 6.20 Å². The summed E-state index contributed by atoms with van der Waals surface area (Å²) in [5.41, 5.74) is 2.40. The number of pyridine rings is 1. The molecule has 122 valence electrons. The summed E-state index contributed by atoms with van der Waals surface area (Å²) in [6, 6.07) is 11.2. The summed E-state index contributed by atoms with van der Waals surface area (Å²) in [4.78, 5) is 21.4. The number of amides is 1. The Bertz CT molecular complexity index is 884. The number of rotatable bonds is 5. The van der Waals surface area contributed by atoms with Crippen LogP contribution in [0.5, 0.6) is 0 Å². The van der Waals surface area contributed by atoms with Crippen LogP contribution in [-0.4, -0.2) is 27.0 Å². The topological polar surface area (TPSA) is 59.8 Å². The molecule has 1 aliphatic carbocycles. The van der Waals surface area contributed by atoms with Gasteiger partial charge in [-0.1, -0.05) is 11.6 Å². The number of hydrogen-bond donors (Lipinski definition) is 1. The predicted octanol–water partition coefficient (Wildman–Crippen LogP) is 3.28. The summed E-state index contributed by atoms with van der Waals surface area (Å²) in [6.45, 7) is 0.966. The Balaban J connectivity index is 1.69. The lowest BCUT2D eigenvalue weighted by molar-refractivity contribution is -0.121. The average molecular weight is 341 g/mol. The summed E-state index contributed by atoms with van der Waals surface area (Å²) >= 11 is 5.98. The number of nitrogens with zero attached hydrogens (tertiary/aromatic N) is 3. The number of hydrogen-bond acceptors (Lipinski definition) is 3. The third-order valence-corrected chi connectivity index (χ3v) is 4.44. The van der Waals surface area contributed by atoms with Crippen LogP contribution in [0.15, 0.2) is 42.6 Å². The second kappa shape index (κ2) is 6.24. The van der Waals surface area contributed by atoms with Gasteiger partial charge in [-0.2, -0.15) is 0 Å². The van der Waals surface area contributed by atoms with Gasteiger partial charge in [0.1, 0.15) is 17.9 Å². The number of fused-ring (bicyclic) bond motifs is 1. The molecule has 0 saturated heterocycles. The van der Waals surface area contributed by atoms with Crippen LogP contribution in [0.4, 0.5) is 0 Å². The van der Waals surface area contributed by atoms with Gasteiger partial charge in [0.2, 0.25) is 5.91 Å². The Labute approximate surface area is 144 Å². The van der Waals surface area contributed by atoms with Crippen molar-refractivity contribution in [1.82, 2.24) is 19.9 Å². The fourth-order valence-electron chi connectivity index (χ4n) is 2.71. The molecule has 0 atom stereocenters. The molecule has 2 heterocycles. The van der Waals surface area contributed by atoms with Gasteiger partial charge in [0, 0.05) is 23.3 Å². The third-order valence-electron chi connectivity index (χ3n) is 4.19. The van der Waals surface area contributed by atoms with E-state index in [4.69, 9.17) is 11.6 Å². The number of imidazole rings is 1. The fourth-order valence-corrected chi connectivity index (χ4v) is 2.83. The summed E-state index contributed by atoms with van der Waals surface area (Å²) in [5, 5.41) is 3.67. The van der Waals surface area contributed by atoms with Crippen LogP contribution in [0.3, 0.4) is 0 Å². The first-order valence-corrected chi connectivity index (χ1v) is 8.42. The first kappa shape index (κ1) is 15.1. The molecule has 6 heteroatoms. The van der Waals surface area contributed by atoms with Crippen LogP contribution >= 0.6 is 11.6 Å². The molecule has 1 saturated carbocycles. The quantitative estimate of drug-likeness (QED) is 0.775. The monoisotopic (exact) mass is 340 g/mol. The highest BCUT2D eigenvalue weighted by molar-refractivity contribution is 6.30. The molecule has 0 bridgehead atoms. The van der Waals surface area contributed by atoms with E-state index in [0.717, 1.165) is 23.4 Å². The number of benzene rings is 1. The fraction of sp³-hybridized carbons (Fsp3) is 0.278. The van der Waals surface area contributed by atoms with Crippen molar-refractivity contribution in [2.75, 3.05) is 6.54 Å². The Morgan fingerprint density at radius 3 is 2.79 bits per heavy atom. The standard InChI is InChI=1S/C18H17ClN4O/c19-14-7-5-13(6-8-14)17-22-15-2-1-9-20-18(15)23(17)11-16(24)21-10-12-3-4-12/h1-2,5-9,12H,3-4,10-11H2,(H,21,24). The molecule has 1 fully saturated rings. The van der Waals surface area contributed by atoms with Crippen LogP contribution in [-0.2, 0) is 11.3 Å². The summed E-state index contributed by atoms with van der Waals surface area (Å²) in [6.07, 6.45) is 4.14. The second-order valence-corrected chi connectivity index (χ2v) is 6.56. The van der Waals surface area contributed by atoms with E-state index in [0.29, 0.717) is 16.6 Å². The third kappa shape index (κ3) is 3.12. The maximum absolute atomic E-state index is 12.3. The zero-order valence-corrected chi connectivity index (χ0v) is 13.8. The first-order chi connectivity index (χ1) is 11.7. The van der Waals surface area contributed by atoms with Crippen LogP contribution in [0.25, 0.3) is 22.6 Å². The number of carbonyl (C=O) groups is 1. The van der Waals surface area contributed by atoms with Gasteiger partial charge >= 0.3 is 0 Å². The van der Waals surface area contributed by atoms with Crippen molar-refractivity contribution in [3.05, 3.63) is 47.6 Å².